The van der Waals surface area contributed by atoms with Crippen LogP contribution in [0.2, 0.25) is 0 Å². The normalized spacial score (nSPS) is 19.0. The van der Waals surface area contributed by atoms with Gasteiger partial charge in [0.2, 0.25) is 0 Å². The lowest BCUT2D eigenvalue weighted by Gasteiger charge is -2.36. The summed E-state index contributed by atoms with van der Waals surface area (Å²) in [7, 11) is 0. The molecule has 0 N–H and O–H groups in total. The van der Waals surface area contributed by atoms with E-state index < -0.39 is 0 Å². The van der Waals surface area contributed by atoms with Gasteiger partial charge in [-0.05, 0) is 37.1 Å². The van der Waals surface area contributed by atoms with Crippen molar-refractivity contribution < 1.29 is 0 Å². The van der Waals surface area contributed by atoms with E-state index in [1.807, 2.05) is 18.3 Å². The number of hydrogen-bond donors (Lipinski definition) is 0. The lowest BCUT2D eigenvalue weighted by molar-refractivity contribution is 0.640. The van der Waals surface area contributed by atoms with Crippen molar-refractivity contribution in [2.45, 2.75) is 19.4 Å². The van der Waals surface area contributed by atoms with E-state index >= 15 is 0 Å². The zero-order valence-electron chi connectivity index (χ0n) is 16.1. The summed E-state index contributed by atoms with van der Waals surface area (Å²) in [5.74, 6) is 3.03. The van der Waals surface area contributed by atoms with Crippen LogP contribution in [-0.2, 0) is 6.42 Å². The molecule has 1 unspecified atom stereocenters. The molecule has 0 aliphatic carbocycles. The van der Waals surface area contributed by atoms with E-state index in [9.17, 15) is 0 Å². The van der Waals surface area contributed by atoms with Gasteiger partial charge in [-0.2, -0.15) is 0 Å². The molecule has 2 aliphatic heterocycles. The largest absolute Gasteiger partial charge is 0.353 e. The number of fused-ring (bicyclic) bond motifs is 1. The number of hydrogen-bond acceptors (Lipinski definition) is 6. The molecular formula is C22H24N6. The number of rotatable bonds is 3. The molecule has 142 valence electrons. The Morgan fingerprint density at radius 1 is 0.786 bits per heavy atom. The Morgan fingerprint density at radius 2 is 1.50 bits per heavy atom. The van der Waals surface area contributed by atoms with E-state index in [1.54, 1.807) is 6.33 Å². The van der Waals surface area contributed by atoms with Crippen molar-refractivity contribution in [2.24, 2.45) is 0 Å². The van der Waals surface area contributed by atoms with Crippen LogP contribution >= 0.6 is 0 Å². The van der Waals surface area contributed by atoms with Crippen LogP contribution in [0.3, 0.4) is 0 Å². The fraction of sp³-hybridized carbons (Fsp3) is 0.318. The maximum atomic E-state index is 4.60. The molecule has 1 aromatic carbocycles. The summed E-state index contributed by atoms with van der Waals surface area (Å²) >= 11 is 0. The highest BCUT2D eigenvalue weighted by molar-refractivity contribution is 5.70. The molecule has 6 nitrogen and oxygen atoms in total. The molecule has 3 aromatic rings. The second kappa shape index (κ2) is 7.11. The molecule has 1 atom stereocenters. The van der Waals surface area contributed by atoms with Crippen molar-refractivity contribution in [3.05, 3.63) is 66.6 Å². The van der Waals surface area contributed by atoms with Crippen LogP contribution in [0.25, 0.3) is 0 Å². The number of para-hydroxylation sites is 1. The first kappa shape index (κ1) is 17.0. The van der Waals surface area contributed by atoms with E-state index in [0.29, 0.717) is 6.04 Å². The van der Waals surface area contributed by atoms with Gasteiger partial charge in [0.05, 0.1) is 0 Å². The fourth-order valence-electron chi connectivity index (χ4n) is 4.26. The summed E-state index contributed by atoms with van der Waals surface area (Å²) in [6.07, 6.45) is 4.61. The third-order valence-corrected chi connectivity index (χ3v) is 5.67. The second-order valence-electron chi connectivity index (χ2n) is 7.45. The topological polar surface area (TPSA) is 48.4 Å². The number of piperazine rings is 1. The van der Waals surface area contributed by atoms with Crippen LogP contribution in [-0.4, -0.2) is 47.2 Å². The van der Waals surface area contributed by atoms with Crippen molar-refractivity contribution in [3.8, 4) is 0 Å². The summed E-state index contributed by atoms with van der Waals surface area (Å²) in [6.45, 7) is 6.00. The van der Waals surface area contributed by atoms with E-state index in [1.165, 1.54) is 11.3 Å². The number of pyridine rings is 1. The van der Waals surface area contributed by atoms with E-state index in [0.717, 1.165) is 50.1 Å². The van der Waals surface area contributed by atoms with E-state index in [2.05, 4.69) is 73.0 Å². The minimum absolute atomic E-state index is 0.404. The maximum absolute atomic E-state index is 4.60. The van der Waals surface area contributed by atoms with Crippen molar-refractivity contribution >= 4 is 23.1 Å². The van der Waals surface area contributed by atoms with Crippen molar-refractivity contribution in [1.82, 2.24) is 15.0 Å². The molecule has 5 rings (SSSR count). The van der Waals surface area contributed by atoms with Gasteiger partial charge >= 0.3 is 0 Å². The highest BCUT2D eigenvalue weighted by atomic mass is 15.3. The van der Waals surface area contributed by atoms with Crippen molar-refractivity contribution in [3.63, 3.8) is 0 Å². The summed E-state index contributed by atoms with van der Waals surface area (Å²) in [6, 6.07) is 17.2. The van der Waals surface area contributed by atoms with Gasteiger partial charge in [-0.15, -0.1) is 0 Å². The standard InChI is InChI=1S/C22H24N6/c1-17-14-18-6-2-3-7-19(18)28(17)22-15-21(24-16-25-22)27-12-10-26(11-13-27)20-8-4-5-9-23-20/h2-9,15-17H,10-14H2,1H3. The Hall–Kier alpha value is -3.15. The average molecular weight is 372 g/mol. The molecule has 6 heteroatoms. The molecule has 0 bridgehead atoms. The SMILES string of the molecule is CC1Cc2ccccc2N1c1cc(N2CCN(c3ccccn3)CC2)ncn1. The zero-order chi connectivity index (χ0) is 18.9. The predicted molar refractivity (Wildman–Crippen MR) is 112 cm³/mol. The highest BCUT2D eigenvalue weighted by Crippen LogP contribution is 2.37. The number of benzene rings is 1. The van der Waals surface area contributed by atoms with Gasteiger partial charge in [0, 0.05) is 50.2 Å². The Kier molecular flexibility index (Phi) is 4.31. The van der Waals surface area contributed by atoms with Gasteiger partial charge in [-0.1, -0.05) is 24.3 Å². The quantitative estimate of drug-likeness (QED) is 0.703. The first-order chi connectivity index (χ1) is 13.8. The molecule has 0 saturated carbocycles. The lowest BCUT2D eigenvalue weighted by Crippen LogP contribution is -2.47. The van der Waals surface area contributed by atoms with Crippen LogP contribution in [0.15, 0.2) is 61.1 Å². The van der Waals surface area contributed by atoms with Crippen LogP contribution < -0.4 is 14.7 Å². The van der Waals surface area contributed by atoms with E-state index in [-0.39, 0.29) is 0 Å². The molecule has 1 saturated heterocycles. The first-order valence-electron chi connectivity index (χ1n) is 9.90. The summed E-state index contributed by atoms with van der Waals surface area (Å²) in [5, 5.41) is 0. The van der Waals surface area contributed by atoms with Crippen LogP contribution in [0.1, 0.15) is 12.5 Å². The third-order valence-electron chi connectivity index (χ3n) is 5.67. The summed E-state index contributed by atoms with van der Waals surface area (Å²) in [5.41, 5.74) is 2.65. The molecule has 1 fully saturated rings. The molecular weight excluding hydrogens is 348 g/mol. The molecule has 2 aliphatic rings. The minimum atomic E-state index is 0.404. The average Bonchev–Trinajstić information content (AvgIpc) is 3.10. The van der Waals surface area contributed by atoms with Gasteiger partial charge in [0.25, 0.3) is 0 Å². The van der Waals surface area contributed by atoms with Crippen LogP contribution in [0, 0.1) is 0 Å². The Morgan fingerprint density at radius 3 is 2.29 bits per heavy atom. The number of anilines is 4. The Balaban J connectivity index is 1.35. The highest BCUT2D eigenvalue weighted by Gasteiger charge is 2.28. The lowest BCUT2D eigenvalue weighted by atomic mass is 10.1. The second-order valence-corrected chi connectivity index (χ2v) is 7.45. The zero-order valence-corrected chi connectivity index (χ0v) is 16.1. The predicted octanol–water partition coefficient (Wildman–Crippen LogP) is 3.28. The Bertz CT molecular complexity index is 952. The van der Waals surface area contributed by atoms with Gasteiger partial charge in [-0.25, -0.2) is 15.0 Å². The molecule has 0 radical (unpaired) electrons. The summed E-state index contributed by atoms with van der Waals surface area (Å²) in [4.78, 5) is 20.6. The van der Waals surface area contributed by atoms with Gasteiger partial charge in [0.15, 0.2) is 0 Å². The minimum Gasteiger partial charge on any atom is -0.353 e. The monoisotopic (exact) mass is 372 g/mol. The number of aromatic nitrogens is 3. The van der Waals surface area contributed by atoms with Gasteiger partial charge < -0.3 is 14.7 Å². The molecule has 0 spiro atoms. The summed E-state index contributed by atoms with van der Waals surface area (Å²) < 4.78 is 0. The van der Waals surface area contributed by atoms with Gasteiger partial charge in [0.1, 0.15) is 23.8 Å². The maximum Gasteiger partial charge on any atom is 0.138 e. The van der Waals surface area contributed by atoms with Crippen molar-refractivity contribution in [1.29, 1.82) is 0 Å². The molecule has 0 amide bonds. The fourth-order valence-corrected chi connectivity index (χ4v) is 4.26. The smallest absolute Gasteiger partial charge is 0.138 e. The van der Waals surface area contributed by atoms with E-state index in [4.69, 9.17) is 0 Å². The molecule has 2 aromatic heterocycles. The number of nitrogens with zero attached hydrogens (tertiary/aromatic N) is 6. The Labute approximate surface area is 165 Å². The first-order valence-corrected chi connectivity index (χ1v) is 9.90. The van der Waals surface area contributed by atoms with Gasteiger partial charge in [-0.3, -0.25) is 0 Å². The molecule has 28 heavy (non-hydrogen) atoms. The van der Waals surface area contributed by atoms with Crippen LogP contribution in [0.4, 0.5) is 23.1 Å². The van der Waals surface area contributed by atoms with Crippen molar-refractivity contribution in [2.75, 3.05) is 40.9 Å². The van der Waals surface area contributed by atoms with Crippen LogP contribution in [0.5, 0.6) is 0 Å². The molecule has 4 heterocycles. The third kappa shape index (κ3) is 3.05.